The molecule has 0 fully saturated rings. The maximum absolute atomic E-state index is 2.26. The first-order valence-corrected chi connectivity index (χ1v) is 4.83. The van der Waals surface area contributed by atoms with E-state index in [1.54, 1.807) is 0 Å². The van der Waals surface area contributed by atoms with Crippen LogP contribution in [-0.2, 0) is 6.42 Å². The summed E-state index contributed by atoms with van der Waals surface area (Å²) < 4.78 is 0. The van der Waals surface area contributed by atoms with Gasteiger partial charge in [0.2, 0.25) is 0 Å². The van der Waals surface area contributed by atoms with Gasteiger partial charge in [-0.15, -0.1) is 0 Å². The fourth-order valence-electron chi connectivity index (χ4n) is 1.77. The van der Waals surface area contributed by atoms with E-state index in [9.17, 15) is 0 Å². The maximum atomic E-state index is 2.26. The van der Waals surface area contributed by atoms with E-state index >= 15 is 0 Å². The fraction of sp³-hybridized carbons (Fsp3) is 0.385. The molecule has 0 aromatic heterocycles. The van der Waals surface area contributed by atoms with E-state index in [1.807, 2.05) is 0 Å². The zero-order chi connectivity index (χ0) is 9.84. The number of allylic oxidation sites excluding steroid dienone is 2. The van der Waals surface area contributed by atoms with Crippen LogP contribution in [-0.4, -0.2) is 0 Å². The molecule has 1 aromatic rings. The average Bonchev–Trinajstić information content (AvgIpc) is 2.02. The zero-order valence-corrected chi connectivity index (χ0v) is 9.02. The van der Waals surface area contributed by atoms with Crippen molar-refractivity contribution in [3.63, 3.8) is 0 Å². The van der Waals surface area contributed by atoms with Crippen LogP contribution in [0.5, 0.6) is 0 Å². The van der Waals surface area contributed by atoms with Gasteiger partial charge in [0.1, 0.15) is 0 Å². The maximum Gasteiger partial charge on any atom is -0.00923 e. The van der Waals surface area contributed by atoms with Crippen LogP contribution in [0.2, 0.25) is 0 Å². The second kappa shape index (κ2) is 4.27. The van der Waals surface area contributed by atoms with Gasteiger partial charge in [-0.3, -0.25) is 0 Å². The Morgan fingerprint density at radius 1 is 1.08 bits per heavy atom. The Kier molecular flexibility index (Phi) is 3.30. The van der Waals surface area contributed by atoms with Gasteiger partial charge >= 0.3 is 0 Å². The number of hydrogen-bond acceptors (Lipinski definition) is 0. The smallest absolute Gasteiger partial charge is 0.00923 e. The molecule has 0 aliphatic rings. The molecule has 1 rings (SSSR count). The Labute approximate surface area is 81.3 Å². The third kappa shape index (κ3) is 2.45. The van der Waals surface area contributed by atoms with Gasteiger partial charge in [-0.25, -0.2) is 0 Å². The minimum Gasteiger partial charge on any atom is -0.0913 e. The molecule has 13 heavy (non-hydrogen) atoms. The van der Waals surface area contributed by atoms with Crippen LogP contribution < -0.4 is 0 Å². The molecule has 0 aliphatic heterocycles. The highest BCUT2D eigenvalue weighted by Gasteiger charge is 2.00. The predicted octanol–water partition coefficient (Wildman–Crippen LogP) is 3.73. The van der Waals surface area contributed by atoms with Gasteiger partial charge in [-0.1, -0.05) is 29.8 Å². The molecule has 0 heterocycles. The monoisotopic (exact) mass is 174 g/mol. The van der Waals surface area contributed by atoms with Crippen molar-refractivity contribution in [3.8, 4) is 0 Å². The summed E-state index contributed by atoms with van der Waals surface area (Å²) in [5, 5.41) is 0. The molecular weight excluding hydrogens is 156 g/mol. The summed E-state index contributed by atoms with van der Waals surface area (Å²) in [6.07, 6.45) is 5.39. The highest BCUT2D eigenvalue weighted by molar-refractivity contribution is 5.38. The molecule has 0 atom stereocenters. The van der Waals surface area contributed by atoms with Crippen LogP contribution in [0, 0.1) is 20.8 Å². The number of aryl methyl sites for hydroxylation is 3. The van der Waals surface area contributed by atoms with Crippen LogP contribution in [0.15, 0.2) is 24.3 Å². The Bertz CT molecular complexity index is 296. The molecule has 0 nitrogen and oxygen atoms in total. The first-order chi connectivity index (χ1) is 6.15. The summed E-state index contributed by atoms with van der Waals surface area (Å²) in [5.74, 6) is 0. The molecule has 1 aromatic carbocycles. The second-order valence-electron chi connectivity index (χ2n) is 3.65. The SMILES string of the molecule is C/C=C\Cc1c(C)cc(C)cc1C. The molecule has 0 aliphatic carbocycles. The van der Waals surface area contributed by atoms with Crippen molar-refractivity contribution in [2.24, 2.45) is 0 Å². The van der Waals surface area contributed by atoms with Crippen molar-refractivity contribution < 1.29 is 0 Å². The molecular formula is C13H18. The lowest BCUT2D eigenvalue weighted by Gasteiger charge is -2.08. The van der Waals surface area contributed by atoms with Gasteiger partial charge in [0, 0.05) is 0 Å². The van der Waals surface area contributed by atoms with E-state index in [0.717, 1.165) is 6.42 Å². The van der Waals surface area contributed by atoms with Crippen molar-refractivity contribution >= 4 is 0 Å². The van der Waals surface area contributed by atoms with Gasteiger partial charge < -0.3 is 0 Å². The fourth-order valence-corrected chi connectivity index (χ4v) is 1.77. The molecule has 0 N–H and O–H groups in total. The number of rotatable bonds is 2. The van der Waals surface area contributed by atoms with Crippen molar-refractivity contribution in [2.45, 2.75) is 34.1 Å². The lowest BCUT2D eigenvalue weighted by molar-refractivity contribution is 1.15. The van der Waals surface area contributed by atoms with Crippen LogP contribution in [0.4, 0.5) is 0 Å². The zero-order valence-electron chi connectivity index (χ0n) is 9.02. The van der Waals surface area contributed by atoms with E-state index in [-0.39, 0.29) is 0 Å². The minimum absolute atomic E-state index is 1.06. The summed E-state index contributed by atoms with van der Waals surface area (Å²) in [4.78, 5) is 0. The molecule has 0 heteroatoms. The van der Waals surface area contributed by atoms with Crippen LogP contribution in [0.1, 0.15) is 29.2 Å². The molecule has 0 saturated heterocycles. The third-order valence-electron chi connectivity index (χ3n) is 2.40. The highest BCUT2D eigenvalue weighted by atomic mass is 14.1. The van der Waals surface area contributed by atoms with Crippen molar-refractivity contribution in [1.82, 2.24) is 0 Å². The van der Waals surface area contributed by atoms with Crippen molar-refractivity contribution in [2.75, 3.05) is 0 Å². The lowest BCUT2D eigenvalue weighted by atomic mass is 9.97. The normalized spacial score (nSPS) is 11.1. The highest BCUT2D eigenvalue weighted by Crippen LogP contribution is 2.17. The molecule has 0 radical (unpaired) electrons. The Balaban J connectivity index is 3.05. The molecule has 0 saturated carbocycles. The van der Waals surface area contributed by atoms with Gasteiger partial charge in [-0.05, 0) is 50.8 Å². The first-order valence-electron chi connectivity index (χ1n) is 4.83. The van der Waals surface area contributed by atoms with Crippen molar-refractivity contribution in [3.05, 3.63) is 46.5 Å². The van der Waals surface area contributed by atoms with E-state index in [1.165, 1.54) is 22.3 Å². The average molecular weight is 174 g/mol. The molecule has 0 bridgehead atoms. The summed E-state index contributed by atoms with van der Waals surface area (Å²) in [6, 6.07) is 4.51. The van der Waals surface area contributed by atoms with Crippen LogP contribution in [0.25, 0.3) is 0 Å². The van der Waals surface area contributed by atoms with Crippen molar-refractivity contribution in [1.29, 1.82) is 0 Å². The topological polar surface area (TPSA) is 0 Å². The molecule has 0 amide bonds. The Morgan fingerprint density at radius 2 is 1.62 bits per heavy atom. The van der Waals surface area contributed by atoms with Gasteiger partial charge in [0.05, 0.1) is 0 Å². The van der Waals surface area contributed by atoms with Crippen LogP contribution >= 0.6 is 0 Å². The third-order valence-corrected chi connectivity index (χ3v) is 2.40. The summed E-state index contributed by atoms with van der Waals surface area (Å²) in [7, 11) is 0. The largest absolute Gasteiger partial charge is 0.0913 e. The van der Waals surface area contributed by atoms with Crippen LogP contribution in [0.3, 0.4) is 0 Å². The van der Waals surface area contributed by atoms with Gasteiger partial charge in [0.15, 0.2) is 0 Å². The first kappa shape index (κ1) is 10.0. The summed E-state index contributed by atoms with van der Waals surface area (Å²) in [6.45, 7) is 8.61. The molecule has 0 spiro atoms. The Morgan fingerprint density at radius 3 is 2.08 bits per heavy atom. The summed E-state index contributed by atoms with van der Waals surface area (Å²) in [5.41, 5.74) is 5.66. The quantitative estimate of drug-likeness (QED) is 0.599. The minimum atomic E-state index is 1.06. The second-order valence-corrected chi connectivity index (χ2v) is 3.65. The van der Waals surface area contributed by atoms with E-state index in [0.29, 0.717) is 0 Å². The lowest BCUT2D eigenvalue weighted by Crippen LogP contribution is -1.93. The number of benzene rings is 1. The van der Waals surface area contributed by atoms with E-state index in [2.05, 4.69) is 52.0 Å². The number of hydrogen-bond donors (Lipinski definition) is 0. The van der Waals surface area contributed by atoms with Gasteiger partial charge in [-0.2, -0.15) is 0 Å². The van der Waals surface area contributed by atoms with E-state index in [4.69, 9.17) is 0 Å². The van der Waals surface area contributed by atoms with E-state index < -0.39 is 0 Å². The predicted molar refractivity (Wildman–Crippen MR) is 59.2 cm³/mol. The molecule has 0 unspecified atom stereocenters. The standard InChI is InChI=1S/C13H18/c1-5-6-7-13-11(3)8-10(2)9-12(13)4/h5-6,8-9H,7H2,1-4H3/b6-5-. The van der Waals surface area contributed by atoms with Gasteiger partial charge in [0.25, 0.3) is 0 Å². The summed E-state index contributed by atoms with van der Waals surface area (Å²) >= 11 is 0. The Hall–Kier alpha value is -1.04. The molecule has 70 valence electrons.